The summed E-state index contributed by atoms with van der Waals surface area (Å²) in [6, 6.07) is 0. The molecule has 4 rings (SSSR count). The molecule has 1 fully saturated rings. The van der Waals surface area contributed by atoms with Crippen molar-refractivity contribution in [3.8, 4) is 0 Å². The van der Waals surface area contributed by atoms with E-state index in [2.05, 4.69) is 27.3 Å². The zero-order chi connectivity index (χ0) is 19.1. The molecule has 0 spiro atoms. The SMILES string of the molecule is C[S+](C[C@H]1O[C@@H](n2cnc3c(N)ncnc32)[C@H](O)[C@@H]1O)[C@@H]1C=C[C@@H](ON)C1. The molecule has 2 aromatic rings. The van der Waals surface area contributed by atoms with Crippen LogP contribution >= 0.6 is 0 Å². The first-order chi connectivity index (χ1) is 13.0. The molecule has 1 saturated heterocycles. The Bertz CT molecular complexity index is 847. The normalized spacial score (nSPS) is 34.5. The van der Waals surface area contributed by atoms with Crippen molar-refractivity contribution in [1.82, 2.24) is 19.5 Å². The molecule has 7 atom stereocenters. The highest BCUT2D eigenvalue weighted by atomic mass is 32.2. The summed E-state index contributed by atoms with van der Waals surface area (Å²) in [7, 11) is -0.0746. The van der Waals surface area contributed by atoms with E-state index in [1.54, 1.807) is 4.57 Å². The number of anilines is 1. The summed E-state index contributed by atoms with van der Waals surface area (Å²) in [4.78, 5) is 17.2. The van der Waals surface area contributed by atoms with Crippen molar-refractivity contribution in [2.24, 2.45) is 5.90 Å². The van der Waals surface area contributed by atoms with Gasteiger partial charge in [0, 0.05) is 6.42 Å². The number of fused-ring (bicyclic) bond motifs is 1. The predicted molar refractivity (Wildman–Crippen MR) is 100 cm³/mol. The Morgan fingerprint density at radius 3 is 2.85 bits per heavy atom. The van der Waals surface area contributed by atoms with Crippen LogP contribution in [0.3, 0.4) is 0 Å². The van der Waals surface area contributed by atoms with Crippen LogP contribution in [-0.4, -0.2) is 71.4 Å². The lowest BCUT2D eigenvalue weighted by Gasteiger charge is -2.17. The first-order valence-electron chi connectivity index (χ1n) is 8.59. The Labute approximate surface area is 158 Å². The number of hydrogen-bond donors (Lipinski definition) is 4. The van der Waals surface area contributed by atoms with Crippen LogP contribution in [0.4, 0.5) is 5.82 Å². The fourth-order valence-corrected chi connectivity index (χ4v) is 5.49. The van der Waals surface area contributed by atoms with Gasteiger partial charge < -0.3 is 20.7 Å². The first kappa shape index (κ1) is 18.6. The minimum Gasteiger partial charge on any atom is -0.387 e. The van der Waals surface area contributed by atoms with Crippen LogP contribution in [-0.2, 0) is 20.5 Å². The highest BCUT2D eigenvalue weighted by Gasteiger charge is 2.47. The van der Waals surface area contributed by atoms with Gasteiger partial charge in [-0.25, -0.2) is 20.8 Å². The summed E-state index contributed by atoms with van der Waals surface area (Å²) in [5.74, 6) is 6.12. The second-order valence-corrected chi connectivity index (χ2v) is 9.14. The fourth-order valence-electron chi connectivity index (χ4n) is 3.57. The first-order valence-corrected chi connectivity index (χ1v) is 10.5. The van der Waals surface area contributed by atoms with Crippen LogP contribution in [0.1, 0.15) is 12.6 Å². The zero-order valence-electron chi connectivity index (χ0n) is 14.8. The highest BCUT2D eigenvalue weighted by Crippen LogP contribution is 2.33. The number of imidazole rings is 1. The lowest BCUT2D eigenvalue weighted by molar-refractivity contribution is -0.0290. The zero-order valence-corrected chi connectivity index (χ0v) is 15.6. The van der Waals surface area contributed by atoms with E-state index >= 15 is 0 Å². The molecule has 146 valence electrons. The summed E-state index contributed by atoms with van der Waals surface area (Å²) >= 11 is 0. The predicted octanol–water partition coefficient (Wildman–Crippen LogP) is -1.14. The number of aliphatic hydroxyl groups is 2. The quantitative estimate of drug-likeness (QED) is 0.279. The Morgan fingerprint density at radius 1 is 1.30 bits per heavy atom. The van der Waals surface area contributed by atoms with Crippen molar-refractivity contribution in [1.29, 1.82) is 0 Å². The van der Waals surface area contributed by atoms with Crippen molar-refractivity contribution >= 4 is 27.9 Å². The van der Waals surface area contributed by atoms with Crippen molar-refractivity contribution in [2.45, 2.75) is 42.3 Å². The standard InChI is InChI=1S/C16H23N6O4S/c1-27(9-3-2-8(4-9)26-18)5-10-12(23)13(24)16(25-10)22-7-21-11-14(17)19-6-20-15(11)22/h2-3,6-10,12-13,16,23-24H,4-5,18H2,1H3,(H2,17,19,20)/q+1/t8-,9-,10-,12-,13-,16-,27?/m1/s1. The Kier molecular flexibility index (Phi) is 5.05. The lowest BCUT2D eigenvalue weighted by atomic mass is 10.1. The number of nitrogens with zero attached hydrogens (tertiary/aromatic N) is 4. The van der Waals surface area contributed by atoms with E-state index in [4.69, 9.17) is 21.2 Å². The Hall–Kier alpha value is -1.76. The molecule has 2 aliphatic rings. The highest BCUT2D eigenvalue weighted by molar-refractivity contribution is 7.97. The average Bonchev–Trinajstić information content (AvgIpc) is 3.36. The number of hydrogen-bond acceptors (Lipinski definition) is 9. The van der Waals surface area contributed by atoms with Crippen LogP contribution in [0, 0.1) is 0 Å². The molecule has 0 amide bonds. The average molecular weight is 395 g/mol. The maximum absolute atomic E-state index is 10.5. The van der Waals surface area contributed by atoms with E-state index in [9.17, 15) is 10.2 Å². The van der Waals surface area contributed by atoms with Crippen LogP contribution in [0.2, 0.25) is 0 Å². The molecule has 27 heavy (non-hydrogen) atoms. The van der Waals surface area contributed by atoms with E-state index in [1.807, 2.05) is 6.08 Å². The molecule has 1 unspecified atom stereocenters. The maximum atomic E-state index is 10.5. The molecule has 0 saturated carbocycles. The third-order valence-electron chi connectivity index (χ3n) is 5.12. The minimum absolute atomic E-state index is 0.0693. The Balaban J connectivity index is 1.49. The molecule has 0 bridgehead atoms. The van der Waals surface area contributed by atoms with Crippen molar-refractivity contribution in [2.75, 3.05) is 17.7 Å². The molecule has 0 aromatic carbocycles. The van der Waals surface area contributed by atoms with Crippen LogP contribution < -0.4 is 11.6 Å². The topological polar surface area (TPSA) is 155 Å². The van der Waals surface area contributed by atoms with Crippen LogP contribution in [0.25, 0.3) is 11.2 Å². The summed E-state index contributed by atoms with van der Waals surface area (Å²) < 4.78 is 7.60. The van der Waals surface area contributed by atoms with E-state index in [0.717, 1.165) is 6.42 Å². The van der Waals surface area contributed by atoms with Gasteiger partial charge in [-0.15, -0.1) is 0 Å². The van der Waals surface area contributed by atoms with E-state index in [-0.39, 0.29) is 22.8 Å². The second-order valence-electron chi connectivity index (χ2n) is 6.82. The number of ether oxygens (including phenoxy) is 1. The fraction of sp³-hybridized carbons (Fsp3) is 0.562. The van der Waals surface area contributed by atoms with Gasteiger partial charge in [0.05, 0.1) is 12.6 Å². The molecule has 11 heteroatoms. The minimum atomic E-state index is -1.10. The molecule has 6 N–H and O–H groups in total. The van der Waals surface area contributed by atoms with E-state index in [1.165, 1.54) is 12.7 Å². The van der Waals surface area contributed by atoms with Gasteiger partial charge in [-0.2, -0.15) is 0 Å². The van der Waals surface area contributed by atoms with Gasteiger partial charge in [-0.3, -0.25) is 9.40 Å². The monoisotopic (exact) mass is 395 g/mol. The number of aliphatic hydroxyl groups excluding tert-OH is 2. The summed E-state index contributed by atoms with van der Waals surface area (Å²) in [6.07, 6.45) is 6.34. The Morgan fingerprint density at radius 2 is 2.11 bits per heavy atom. The van der Waals surface area contributed by atoms with Gasteiger partial charge in [0.25, 0.3) is 0 Å². The van der Waals surface area contributed by atoms with Crippen molar-refractivity contribution in [3.63, 3.8) is 0 Å². The number of rotatable bonds is 5. The van der Waals surface area contributed by atoms with E-state index in [0.29, 0.717) is 22.2 Å². The summed E-state index contributed by atoms with van der Waals surface area (Å²) in [5, 5.41) is 21.4. The van der Waals surface area contributed by atoms with Gasteiger partial charge >= 0.3 is 0 Å². The second kappa shape index (κ2) is 7.34. The van der Waals surface area contributed by atoms with Crippen molar-refractivity contribution in [3.05, 3.63) is 24.8 Å². The molecular formula is C16H23N6O4S+. The van der Waals surface area contributed by atoms with Crippen LogP contribution in [0.5, 0.6) is 0 Å². The number of nitrogens with two attached hydrogens (primary N) is 2. The molecule has 0 radical (unpaired) electrons. The van der Waals surface area contributed by atoms with Gasteiger partial charge in [0.1, 0.15) is 47.3 Å². The molecule has 1 aliphatic carbocycles. The lowest BCUT2D eigenvalue weighted by Crippen LogP contribution is -2.37. The van der Waals surface area contributed by atoms with E-state index < -0.39 is 24.5 Å². The molecule has 2 aromatic heterocycles. The molecular weight excluding hydrogens is 372 g/mol. The number of aromatic nitrogens is 4. The largest absolute Gasteiger partial charge is 0.387 e. The van der Waals surface area contributed by atoms with Crippen LogP contribution in [0.15, 0.2) is 24.8 Å². The van der Waals surface area contributed by atoms with Crippen molar-refractivity contribution < 1.29 is 19.8 Å². The van der Waals surface area contributed by atoms with Gasteiger partial charge in [0.2, 0.25) is 0 Å². The van der Waals surface area contributed by atoms with Gasteiger partial charge in [-0.1, -0.05) is 6.08 Å². The third-order valence-corrected chi connectivity index (χ3v) is 7.36. The number of nitrogen functional groups attached to an aromatic ring is 1. The maximum Gasteiger partial charge on any atom is 0.167 e. The van der Waals surface area contributed by atoms with Gasteiger partial charge in [0.15, 0.2) is 17.7 Å². The van der Waals surface area contributed by atoms with Gasteiger partial charge in [-0.05, 0) is 17.0 Å². The molecule has 1 aliphatic heterocycles. The molecule has 10 nitrogen and oxygen atoms in total. The smallest absolute Gasteiger partial charge is 0.167 e. The summed E-state index contributed by atoms with van der Waals surface area (Å²) in [5.41, 5.74) is 6.70. The molecule has 3 heterocycles. The summed E-state index contributed by atoms with van der Waals surface area (Å²) in [6.45, 7) is 0. The third kappa shape index (κ3) is 3.30.